The molecule has 0 heterocycles. The summed E-state index contributed by atoms with van der Waals surface area (Å²) in [5.41, 5.74) is 1.04. The third-order valence-electron chi connectivity index (χ3n) is 3.48. The highest BCUT2D eigenvalue weighted by molar-refractivity contribution is 7.92. The Morgan fingerprint density at radius 2 is 1.61 bits per heavy atom. The SMILES string of the molecule is O=C(Nc1ccc(NS(=O)(=O)c2ccccc2Cl)cc1)C1CC1. The molecule has 1 amide bonds. The van der Waals surface area contributed by atoms with Crippen molar-refractivity contribution in [2.75, 3.05) is 10.0 Å². The van der Waals surface area contributed by atoms with Gasteiger partial charge in [-0.3, -0.25) is 9.52 Å². The lowest BCUT2D eigenvalue weighted by atomic mass is 10.2. The molecule has 1 fully saturated rings. The lowest BCUT2D eigenvalue weighted by molar-refractivity contribution is -0.117. The van der Waals surface area contributed by atoms with E-state index in [1.807, 2.05) is 0 Å². The maximum atomic E-state index is 12.3. The number of benzene rings is 2. The molecule has 0 spiro atoms. The molecule has 0 atom stereocenters. The maximum Gasteiger partial charge on any atom is 0.263 e. The zero-order valence-corrected chi connectivity index (χ0v) is 13.7. The first-order valence-electron chi connectivity index (χ1n) is 7.14. The van der Waals surface area contributed by atoms with Gasteiger partial charge in [-0.25, -0.2) is 8.42 Å². The van der Waals surface area contributed by atoms with Crippen LogP contribution in [0.5, 0.6) is 0 Å². The smallest absolute Gasteiger partial charge is 0.263 e. The molecular weight excluding hydrogens is 336 g/mol. The second-order valence-electron chi connectivity index (χ2n) is 5.38. The van der Waals surface area contributed by atoms with E-state index in [0.717, 1.165) is 12.8 Å². The maximum absolute atomic E-state index is 12.3. The third-order valence-corrected chi connectivity index (χ3v) is 5.36. The van der Waals surface area contributed by atoms with Gasteiger partial charge in [-0.2, -0.15) is 0 Å². The molecule has 7 heteroatoms. The van der Waals surface area contributed by atoms with E-state index in [2.05, 4.69) is 10.0 Å². The minimum Gasteiger partial charge on any atom is -0.326 e. The number of hydrogen-bond acceptors (Lipinski definition) is 3. The summed E-state index contributed by atoms with van der Waals surface area (Å²) in [6, 6.07) is 12.7. The van der Waals surface area contributed by atoms with Gasteiger partial charge in [-0.1, -0.05) is 23.7 Å². The van der Waals surface area contributed by atoms with E-state index < -0.39 is 10.0 Å². The fourth-order valence-electron chi connectivity index (χ4n) is 2.08. The summed E-state index contributed by atoms with van der Waals surface area (Å²) < 4.78 is 27.1. The standard InChI is InChI=1S/C16H15ClN2O3S/c17-14-3-1-2-4-15(14)23(21,22)19-13-9-7-12(8-10-13)18-16(20)11-5-6-11/h1-4,7-11,19H,5-6H2,(H,18,20). The van der Waals surface area contributed by atoms with E-state index in [9.17, 15) is 13.2 Å². The number of anilines is 2. The number of halogens is 1. The number of carbonyl (C=O) groups is 1. The zero-order valence-electron chi connectivity index (χ0n) is 12.1. The number of nitrogens with one attached hydrogen (secondary N) is 2. The fourth-order valence-corrected chi connectivity index (χ4v) is 3.66. The van der Waals surface area contributed by atoms with Crippen LogP contribution in [0.25, 0.3) is 0 Å². The number of hydrogen-bond donors (Lipinski definition) is 2. The van der Waals surface area contributed by atoms with Crippen LogP contribution in [-0.4, -0.2) is 14.3 Å². The molecule has 2 aromatic rings. The van der Waals surface area contributed by atoms with Crippen molar-refractivity contribution in [3.05, 3.63) is 53.6 Å². The van der Waals surface area contributed by atoms with Gasteiger partial charge in [-0.05, 0) is 49.2 Å². The summed E-state index contributed by atoms with van der Waals surface area (Å²) in [7, 11) is -3.75. The van der Waals surface area contributed by atoms with E-state index in [1.54, 1.807) is 36.4 Å². The highest BCUT2D eigenvalue weighted by Crippen LogP contribution is 2.30. The molecule has 0 unspecified atom stereocenters. The normalized spacial score (nSPS) is 14.3. The molecule has 0 bridgehead atoms. The molecule has 1 aliphatic rings. The lowest BCUT2D eigenvalue weighted by Gasteiger charge is -2.10. The molecule has 0 aromatic heterocycles. The minimum absolute atomic E-state index is 0.00870. The predicted octanol–water partition coefficient (Wildman–Crippen LogP) is 3.49. The first kappa shape index (κ1) is 15.8. The molecular formula is C16H15ClN2O3S. The van der Waals surface area contributed by atoms with E-state index in [1.165, 1.54) is 12.1 Å². The van der Waals surface area contributed by atoms with Gasteiger partial charge in [0, 0.05) is 17.3 Å². The minimum atomic E-state index is -3.75. The second-order valence-corrected chi connectivity index (χ2v) is 7.43. The summed E-state index contributed by atoms with van der Waals surface area (Å²) >= 11 is 5.93. The van der Waals surface area contributed by atoms with E-state index in [-0.39, 0.29) is 21.7 Å². The Labute approximate surface area is 139 Å². The lowest BCUT2D eigenvalue weighted by Crippen LogP contribution is -2.14. The molecule has 23 heavy (non-hydrogen) atoms. The van der Waals surface area contributed by atoms with Gasteiger partial charge >= 0.3 is 0 Å². The molecule has 0 aliphatic heterocycles. The van der Waals surface area contributed by atoms with Crippen LogP contribution in [0.3, 0.4) is 0 Å². The number of amides is 1. The second kappa shape index (κ2) is 6.22. The van der Waals surface area contributed by atoms with Crippen LogP contribution in [0.1, 0.15) is 12.8 Å². The predicted molar refractivity (Wildman–Crippen MR) is 90.1 cm³/mol. The number of rotatable bonds is 5. The van der Waals surface area contributed by atoms with Crippen LogP contribution < -0.4 is 10.0 Å². The van der Waals surface area contributed by atoms with Crippen LogP contribution in [0, 0.1) is 5.92 Å². The molecule has 2 N–H and O–H groups in total. The first-order chi connectivity index (χ1) is 11.0. The van der Waals surface area contributed by atoms with Crippen LogP contribution in [0.15, 0.2) is 53.4 Å². The van der Waals surface area contributed by atoms with E-state index >= 15 is 0 Å². The quantitative estimate of drug-likeness (QED) is 0.866. The Kier molecular flexibility index (Phi) is 4.28. The van der Waals surface area contributed by atoms with Crippen LogP contribution in [-0.2, 0) is 14.8 Å². The van der Waals surface area contributed by atoms with Crippen molar-refractivity contribution in [3.63, 3.8) is 0 Å². The Morgan fingerprint density at radius 1 is 1.00 bits per heavy atom. The Morgan fingerprint density at radius 3 is 2.22 bits per heavy atom. The first-order valence-corrected chi connectivity index (χ1v) is 9.00. The largest absolute Gasteiger partial charge is 0.326 e. The molecule has 1 saturated carbocycles. The van der Waals surface area contributed by atoms with Crippen LogP contribution in [0.4, 0.5) is 11.4 Å². The Balaban J connectivity index is 1.72. The summed E-state index contributed by atoms with van der Waals surface area (Å²) in [6.45, 7) is 0. The Bertz CT molecular complexity index is 831. The average Bonchev–Trinajstić information content (AvgIpc) is 3.34. The van der Waals surface area contributed by atoms with E-state index in [4.69, 9.17) is 11.6 Å². The van der Waals surface area contributed by atoms with E-state index in [0.29, 0.717) is 11.4 Å². The summed E-state index contributed by atoms with van der Waals surface area (Å²) in [5, 5.41) is 2.96. The zero-order chi connectivity index (χ0) is 16.4. The highest BCUT2D eigenvalue weighted by atomic mass is 35.5. The van der Waals surface area contributed by atoms with Crippen molar-refractivity contribution in [2.45, 2.75) is 17.7 Å². The van der Waals surface area contributed by atoms with Crippen molar-refractivity contribution in [1.82, 2.24) is 0 Å². The van der Waals surface area contributed by atoms with Gasteiger partial charge in [0.15, 0.2) is 0 Å². The molecule has 3 rings (SSSR count). The summed E-state index contributed by atoms with van der Waals surface area (Å²) in [5.74, 6) is 0.128. The Hall–Kier alpha value is -2.05. The topological polar surface area (TPSA) is 75.3 Å². The van der Waals surface area contributed by atoms with Gasteiger partial charge in [0.1, 0.15) is 4.90 Å². The van der Waals surface area contributed by atoms with Gasteiger partial charge < -0.3 is 5.32 Å². The van der Waals surface area contributed by atoms with Gasteiger partial charge in [-0.15, -0.1) is 0 Å². The summed E-state index contributed by atoms with van der Waals surface area (Å²) in [4.78, 5) is 11.7. The number of carbonyl (C=O) groups excluding carboxylic acids is 1. The van der Waals surface area contributed by atoms with Crippen molar-refractivity contribution in [2.24, 2.45) is 5.92 Å². The summed E-state index contributed by atoms with van der Waals surface area (Å²) in [6.07, 6.45) is 1.86. The van der Waals surface area contributed by atoms with Crippen molar-refractivity contribution < 1.29 is 13.2 Å². The van der Waals surface area contributed by atoms with Crippen molar-refractivity contribution >= 4 is 38.9 Å². The van der Waals surface area contributed by atoms with Gasteiger partial charge in [0.25, 0.3) is 10.0 Å². The molecule has 0 saturated heterocycles. The van der Waals surface area contributed by atoms with Crippen molar-refractivity contribution in [1.29, 1.82) is 0 Å². The molecule has 1 aliphatic carbocycles. The fraction of sp³-hybridized carbons (Fsp3) is 0.188. The third kappa shape index (κ3) is 3.83. The molecule has 2 aromatic carbocycles. The monoisotopic (exact) mass is 350 g/mol. The molecule has 5 nitrogen and oxygen atoms in total. The highest BCUT2D eigenvalue weighted by Gasteiger charge is 2.29. The molecule has 0 radical (unpaired) electrons. The molecule has 120 valence electrons. The van der Waals surface area contributed by atoms with Gasteiger partial charge in [0.05, 0.1) is 5.02 Å². The van der Waals surface area contributed by atoms with Gasteiger partial charge in [0.2, 0.25) is 5.91 Å². The van der Waals surface area contributed by atoms with Crippen molar-refractivity contribution in [3.8, 4) is 0 Å². The number of sulfonamides is 1. The van der Waals surface area contributed by atoms with Crippen LogP contribution >= 0.6 is 11.6 Å². The van der Waals surface area contributed by atoms with Crippen LogP contribution in [0.2, 0.25) is 5.02 Å². The average molecular weight is 351 g/mol.